The molecule has 1 aromatic rings. The summed E-state index contributed by atoms with van der Waals surface area (Å²) >= 11 is 10.9. The smallest absolute Gasteiger partial charge is 0.399 e. The number of allylic oxidation sites excluding steroid dienone is 1. The van der Waals surface area contributed by atoms with Crippen LogP contribution < -0.4 is 11.5 Å². The van der Waals surface area contributed by atoms with Crippen molar-refractivity contribution in [2.75, 3.05) is 5.73 Å². The molecule has 0 spiro atoms. The fraction of sp³-hybridized carbons (Fsp3) is 0.385. The molecule has 4 N–H and O–H groups in total. The molecule has 9 heteroatoms. The normalized spacial score (nSPS) is 31.8. The zero-order chi connectivity index (χ0) is 17.2. The van der Waals surface area contributed by atoms with Crippen molar-refractivity contribution in [1.82, 2.24) is 0 Å². The lowest BCUT2D eigenvalue weighted by Crippen LogP contribution is -2.52. The maximum atomic E-state index is 13.2. The van der Waals surface area contributed by atoms with Gasteiger partial charge in [-0.05, 0) is 18.2 Å². The first-order chi connectivity index (χ1) is 9.89. The maximum absolute atomic E-state index is 13.2. The Kier molecular flexibility index (Phi) is 6.34. The van der Waals surface area contributed by atoms with Gasteiger partial charge in [0, 0.05) is 12.1 Å². The lowest BCUT2D eigenvalue weighted by molar-refractivity contribution is -0.149. The molecule has 0 saturated heterocycles. The van der Waals surface area contributed by atoms with E-state index in [4.69, 9.17) is 23.1 Å². The Hall–Kier alpha value is -0.310. The Bertz CT molecular complexity index is 537. The highest BCUT2D eigenvalue weighted by molar-refractivity contribution is 9.11. The van der Waals surface area contributed by atoms with Crippen LogP contribution in [0.1, 0.15) is 6.42 Å². The molecular formula is C13H13Br2ClF4N2. The van der Waals surface area contributed by atoms with Crippen LogP contribution in [0, 0.1) is 0 Å². The van der Waals surface area contributed by atoms with Crippen LogP contribution in [0.5, 0.6) is 0 Å². The third kappa shape index (κ3) is 4.84. The predicted molar refractivity (Wildman–Crippen MR) is 87.9 cm³/mol. The number of benzene rings is 1. The van der Waals surface area contributed by atoms with Gasteiger partial charge >= 0.3 is 6.18 Å². The molecule has 0 fully saturated rings. The average molecular weight is 469 g/mol. The summed E-state index contributed by atoms with van der Waals surface area (Å²) in [6.45, 7) is 0. The molecule has 0 heterocycles. The summed E-state index contributed by atoms with van der Waals surface area (Å²) in [5.41, 5.74) is 11.5. The molecule has 22 heavy (non-hydrogen) atoms. The highest BCUT2D eigenvalue weighted by Crippen LogP contribution is 2.53. The molecule has 2 rings (SSSR count). The largest absolute Gasteiger partial charge is 0.407 e. The zero-order valence-electron chi connectivity index (χ0n) is 11.0. The molecule has 0 bridgehead atoms. The minimum Gasteiger partial charge on any atom is -0.399 e. The molecule has 124 valence electrons. The number of nitrogens with two attached hydrogens (primary N) is 2. The van der Waals surface area contributed by atoms with E-state index in [1.807, 2.05) is 30.3 Å². The van der Waals surface area contributed by atoms with Gasteiger partial charge < -0.3 is 11.5 Å². The second-order valence-electron chi connectivity index (χ2n) is 4.72. The second-order valence-corrected chi connectivity index (χ2v) is 8.68. The van der Waals surface area contributed by atoms with E-state index in [2.05, 4.69) is 31.9 Å². The number of hydrogen-bond acceptors (Lipinski definition) is 2. The first-order valence-electron chi connectivity index (χ1n) is 5.97. The van der Waals surface area contributed by atoms with Crippen LogP contribution in [-0.4, -0.2) is 20.3 Å². The van der Waals surface area contributed by atoms with E-state index in [-0.39, 0.29) is 0 Å². The predicted octanol–water partition coefficient (Wildman–Crippen LogP) is 4.87. The lowest BCUT2D eigenvalue weighted by atomic mass is 9.91. The number of halogens is 7. The van der Waals surface area contributed by atoms with Crippen molar-refractivity contribution in [2.24, 2.45) is 5.73 Å². The van der Waals surface area contributed by atoms with Crippen molar-refractivity contribution in [1.29, 1.82) is 0 Å². The van der Waals surface area contributed by atoms with Gasteiger partial charge in [-0.2, -0.15) is 13.2 Å². The minimum absolute atomic E-state index is 0.416. The Morgan fingerprint density at radius 1 is 1.18 bits per heavy atom. The van der Waals surface area contributed by atoms with Gasteiger partial charge in [0.25, 0.3) is 0 Å². The van der Waals surface area contributed by atoms with Gasteiger partial charge in [-0.1, -0.05) is 50.1 Å². The maximum Gasteiger partial charge on any atom is 0.407 e. The number of anilines is 1. The van der Waals surface area contributed by atoms with Gasteiger partial charge in [-0.3, -0.25) is 0 Å². The lowest BCUT2D eigenvalue weighted by Gasteiger charge is -2.39. The van der Waals surface area contributed by atoms with Crippen molar-refractivity contribution in [3.05, 3.63) is 42.2 Å². The minimum atomic E-state index is -4.64. The summed E-state index contributed by atoms with van der Waals surface area (Å²) in [5, 5.41) is 0. The SMILES string of the molecule is NC1C(F)=CC(Br)(C(F)(F)F)CC1(Cl)Br.Nc1ccccc1. The third-order valence-corrected chi connectivity index (χ3v) is 4.98. The van der Waals surface area contributed by atoms with Crippen LogP contribution in [0.2, 0.25) is 0 Å². The molecule has 3 unspecified atom stereocenters. The summed E-state index contributed by atoms with van der Waals surface area (Å²) in [6, 6.07) is 8.19. The number of nitrogen functional groups attached to an aromatic ring is 1. The van der Waals surface area contributed by atoms with E-state index in [0.29, 0.717) is 6.08 Å². The van der Waals surface area contributed by atoms with E-state index in [9.17, 15) is 17.6 Å². The van der Waals surface area contributed by atoms with Crippen LogP contribution in [0.25, 0.3) is 0 Å². The Morgan fingerprint density at radius 2 is 1.68 bits per heavy atom. The summed E-state index contributed by atoms with van der Waals surface area (Å²) < 4.78 is 46.8. The van der Waals surface area contributed by atoms with Gasteiger partial charge in [0.15, 0.2) is 0 Å². The van der Waals surface area contributed by atoms with Crippen molar-refractivity contribution in [3.8, 4) is 0 Å². The number of rotatable bonds is 0. The number of alkyl halides is 6. The van der Waals surface area contributed by atoms with Gasteiger partial charge in [0.2, 0.25) is 0 Å². The molecule has 2 nitrogen and oxygen atoms in total. The molecule has 0 saturated carbocycles. The Labute approximate surface area is 147 Å². The second kappa shape index (κ2) is 7.07. The first-order valence-corrected chi connectivity index (χ1v) is 7.93. The van der Waals surface area contributed by atoms with Crippen molar-refractivity contribution in [2.45, 2.75) is 26.7 Å². The molecular weight excluding hydrogens is 455 g/mol. The molecule has 1 aliphatic carbocycles. The Balaban J connectivity index is 0.000000287. The van der Waals surface area contributed by atoms with Gasteiger partial charge in [0.05, 0.1) is 6.04 Å². The summed E-state index contributed by atoms with van der Waals surface area (Å²) in [4.78, 5) is 0. The fourth-order valence-electron chi connectivity index (χ4n) is 1.65. The van der Waals surface area contributed by atoms with Crippen molar-refractivity contribution in [3.63, 3.8) is 0 Å². The van der Waals surface area contributed by atoms with Crippen LogP contribution in [-0.2, 0) is 0 Å². The fourth-order valence-corrected chi connectivity index (χ4v) is 3.82. The highest BCUT2D eigenvalue weighted by atomic mass is 79.9. The third-order valence-electron chi connectivity index (χ3n) is 2.88. The summed E-state index contributed by atoms with van der Waals surface area (Å²) in [6.07, 6.45) is -4.82. The van der Waals surface area contributed by atoms with E-state index in [1.54, 1.807) is 0 Å². The van der Waals surface area contributed by atoms with E-state index < -0.39 is 32.6 Å². The van der Waals surface area contributed by atoms with Crippen LogP contribution in [0.4, 0.5) is 23.2 Å². The molecule has 0 aromatic heterocycles. The summed E-state index contributed by atoms with van der Waals surface area (Å²) in [5.74, 6) is -1.10. The van der Waals surface area contributed by atoms with Crippen LogP contribution in [0.3, 0.4) is 0 Å². The van der Waals surface area contributed by atoms with E-state index in [0.717, 1.165) is 5.69 Å². The van der Waals surface area contributed by atoms with Crippen molar-refractivity contribution < 1.29 is 17.6 Å². The molecule has 0 radical (unpaired) electrons. The molecule has 1 aliphatic rings. The van der Waals surface area contributed by atoms with Gasteiger partial charge in [-0.15, -0.1) is 11.6 Å². The van der Waals surface area contributed by atoms with Gasteiger partial charge in [-0.25, -0.2) is 4.39 Å². The quantitative estimate of drug-likeness (QED) is 0.325. The van der Waals surface area contributed by atoms with Crippen LogP contribution >= 0.6 is 43.5 Å². The molecule has 3 atom stereocenters. The number of para-hydroxylation sites is 1. The molecule has 0 amide bonds. The highest BCUT2D eigenvalue weighted by Gasteiger charge is 2.59. The summed E-state index contributed by atoms with van der Waals surface area (Å²) in [7, 11) is 0. The average Bonchev–Trinajstić information content (AvgIpc) is 2.36. The number of hydrogen-bond donors (Lipinski definition) is 2. The van der Waals surface area contributed by atoms with E-state index >= 15 is 0 Å². The van der Waals surface area contributed by atoms with Crippen molar-refractivity contribution >= 4 is 49.1 Å². The van der Waals surface area contributed by atoms with E-state index in [1.165, 1.54) is 0 Å². The molecule has 0 aliphatic heterocycles. The monoisotopic (exact) mass is 466 g/mol. The zero-order valence-corrected chi connectivity index (χ0v) is 15.0. The van der Waals surface area contributed by atoms with Crippen LogP contribution in [0.15, 0.2) is 42.2 Å². The molecule has 1 aromatic carbocycles. The standard InChI is InChI=1S/C7H6Br2ClF4N.C6H7N/c8-5(7(12,13)14)1-3(11)4(15)6(9,10)2-5;7-6-4-2-1-3-5-6/h1,4H,2,15H2;1-5H,7H2. The van der Waals surface area contributed by atoms with Gasteiger partial charge in [0.1, 0.15) is 13.9 Å². The topological polar surface area (TPSA) is 52.0 Å². The Morgan fingerprint density at radius 3 is 2.00 bits per heavy atom. The first kappa shape index (κ1) is 19.7.